The molecule has 1 saturated carbocycles. The molecule has 0 N–H and O–H groups in total. The summed E-state index contributed by atoms with van der Waals surface area (Å²) < 4.78 is 12.9. The summed E-state index contributed by atoms with van der Waals surface area (Å²) in [4.78, 5) is 14.1. The number of hydrogen-bond donors (Lipinski definition) is 0. The molecule has 2 rings (SSSR count). The first kappa shape index (κ1) is 17.3. The maximum absolute atomic E-state index is 12.3. The second-order valence-electron chi connectivity index (χ2n) is 7.35. The highest BCUT2D eigenvalue weighted by Gasteiger charge is 2.40. The third-order valence-electron chi connectivity index (χ3n) is 4.15. The number of amides is 1. The average molecular weight is 409 g/mol. The number of alkyl halides is 1. The molecule has 0 bridgehead atoms. The molecule has 1 aliphatic heterocycles. The van der Waals surface area contributed by atoms with Crippen molar-refractivity contribution in [3.8, 4) is 0 Å². The lowest BCUT2D eigenvalue weighted by molar-refractivity contribution is -0.109. The Kier molecular flexibility index (Phi) is 5.79. The Hall–Kier alpha value is -0.0400. The van der Waals surface area contributed by atoms with Crippen molar-refractivity contribution < 1.29 is 14.3 Å². The van der Waals surface area contributed by atoms with Crippen LogP contribution in [0.25, 0.3) is 0 Å². The molecule has 0 spiro atoms. The monoisotopic (exact) mass is 409 g/mol. The van der Waals surface area contributed by atoms with Crippen LogP contribution in [0.1, 0.15) is 59.3 Å². The maximum Gasteiger partial charge on any atom is 0.410 e. The highest BCUT2D eigenvalue weighted by molar-refractivity contribution is 14.1. The third kappa shape index (κ3) is 4.98. The van der Waals surface area contributed by atoms with Crippen molar-refractivity contribution >= 4 is 28.7 Å². The first-order chi connectivity index (χ1) is 9.84. The zero-order valence-electron chi connectivity index (χ0n) is 13.5. The lowest BCUT2D eigenvalue weighted by Crippen LogP contribution is -2.54. The fraction of sp³-hybridized carbons (Fsp3) is 0.938. The van der Waals surface area contributed by atoms with Crippen LogP contribution in [-0.4, -0.2) is 45.8 Å². The molecule has 1 unspecified atom stereocenters. The van der Waals surface area contributed by atoms with E-state index in [1.165, 1.54) is 25.7 Å². The molecule has 21 heavy (non-hydrogen) atoms. The molecule has 1 saturated heterocycles. The zero-order chi connectivity index (χ0) is 15.5. The fourth-order valence-corrected chi connectivity index (χ4v) is 3.98. The van der Waals surface area contributed by atoms with Crippen molar-refractivity contribution in [2.45, 2.75) is 76.6 Å². The van der Waals surface area contributed by atoms with E-state index in [2.05, 4.69) is 22.6 Å². The van der Waals surface area contributed by atoms with Gasteiger partial charge in [-0.15, -0.1) is 0 Å². The van der Waals surface area contributed by atoms with Crippen LogP contribution in [0.15, 0.2) is 0 Å². The van der Waals surface area contributed by atoms with Gasteiger partial charge in [0.05, 0.1) is 18.2 Å². The predicted molar refractivity (Wildman–Crippen MR) is 92.0 cm³/mol. The molecule has 1 amide bonds. The molecule has 1 heterocycles. The summed E-state index contributed by atoms with van der Waals surface area (Å²) in [7, 11) is 0. The lowest BCUT2D eigenvalue weighted by Gasteiger charge is -2.43. The van der Waals surface area contributed by atoms with Crippen molar-refractivity contribution in [1.82, 2.24) is 4.90 Å². The molecule has 4 nitrogen and oxygen atoms in total. The SMILES string of the molecule is CC(C)(C)OC(=O)N1CCCC(CI)(OC2CCCC2)C1. The number of rotatable bonds is 3. The van der Waals surface area contributed by atoms with Gasteiger partial charge in [-0.2, -0.15) is 0 Å². The summed E-state index contributed by atoms with van der Waals surface area (Å²) in [6, 6.07) is 0. The summed E-state index contributed by atoms with van der Waals surface area (Å²) in [6.45, 7) is 7.18. The van der Waals surface area contributed by atoms with Gasteiger partial charge in [-0.25, -0.2) is 4.79 Å². The quantitative estimate of drug-likeness (QED) is 0.519. The van der Waals surface area contributed by atoms with Gasteiger partial charge < -0.3 is 14.4 Å². The Morgan fingerprint density at radius 1 is 1.29 bits per heavy atom. The molecule has 0 aromatic heterocycles. The molecule has 0 aromatic rings. The predicted octanol–water partition coefficient (Wildman–Crippen LogP) is 4.15. The number of carbonyl (C=O) groups excluding carboxylic acids is 1. The van der Waals surface area contributed by atoms with E-state index in [1.54, 1.807) is 0 Å². The van der Waals surface area contributed by atoms with Gasteiger partial charge in [0.2, 0.25) is 0 Å². The van der Waals surface area contributed by atoms with Crippen molar-refractivity contribution in [2.75, 3.05) is 17.5 Å². The van der Waals surface area contributed by atoms with E-state index >= 15 is 0 Å². The Balaban J connectivity index is 1.98. The minimum Gasteiger partial charge on any atom is -0.444 e. The van der Waals surface area contributed by atoms with Gasteiger partial charge in [0.25, 0.3) is 0 Å². The molecule has 0 radical (unpaired) electrons. The second kappa shape index (κ2) is 7.02. The Labute approximate surface area is 142 Å². The number of likely N-dealkylation sites (tertiary alicyclic amines) is 1. The van der Waals surface area contributed by atoms with Crippen LogP contribution in [-0.2, 0) is 9.47 Å². The van der Waals surface area contributed by atoms with Gasteiger partial charge in [-0.3, -0.25) is 0 Å². The maximum atomic E-state index is 12.3. The highest BCUT2D eigenvalue weighted by Crippen LogP contribution is 2.33. The molecule has 1 atom stereocenters. The van der Waals surface area contributed by atoms with Crippen molar-refractivity contribution in [3.05, 3.63) is 0 Å². The summed E-state index contributed by atoms with van der Waals surface area (Å²) in [5.41, 5.74) is -0.613. The van der Waals surface area contributed by atoms with Crippen molar-refractivity contribution in [3.63, 3.8) is 0 Å². The molecule has 2 fully saturated rings. The van der Waals surface area contributed by atoms with Crippen LogP contribution >= 0.6 is 22.6 Å². The normalized spacial score (nSPS) is 27.9. The van der Waals surface area contributed by atoms with Crippen molar-refractivity contribution in [2.24, 2.45) is 0 Å². The van der Waals surface area contributed by atoms with Gasteiger partial charge in [0.1, 0.15) is 5.60 Å². The smallest absolute Gasteiger partial charge is 0.410 e. The van der Waals surface area contributed by atoms with E-state index < -0.39 is 5.60 Å². The van der Waals surface area contributed by atoms with Gasteiger partial charge in [0.15, 0.2) is 0 Å². The van der Waals surface area contributed by atoms with Crippen LogP contribution in [0.5, 0.6) is 0 Å². The summed E-state index contributed by atoms with van der Waals surface area (Å²) in [5, 5.41) is 0. The molecule has 5 heteroatoms. The topological polar surface area (TPSA) is 38.8 Å². The number of hydrogen-bond acceptors (Lipinski definition) is 3. The van der Waals surface area contributed by atoms with E-state index in [-0.39, 0.29) is 11.7 Å². The largest absolute Gasteiger partial charge is 0.444 e. The van der Waals surface area contributed by atoms with Crippen LogP contribution in [0.2, 0.25) is 0 Å². The van der Waals surface area contributed by atoms with E-state index in [9.17, 15) is 4.79 Å². The van der Waals surface area contributed by atoms with Gasteiger partial charge in [0, 0.05) is 11.0 Å². The zero-order valence-corrected chi connectivity index (χ0v) is 15.6. The number of piperidine rings is 1. The highest BCUT2D eigenvalue weighted by atomic mass is 127. The minimum atomic E-state index is -0.437. The summed E-state index contributed by atoms with van der Waals surface area (Å²) >= 11 is 2.40. The number of ether oxygens (including phenoxy) is 2. The van der Waals surface area contributed by atoms with E-state index in [1.807, 2.05) is 25.7 Å². The second-order valence-corrected chi connectivity index (χ2v) is 8.11. The van der Waals surface area contributed by atoms with Crippen LogP contribution in [0.4, 0.5) is 4.79 Å². The van der Waals surface area contributed by atoms with Crippen LogP contribution in [0, 0.1) is 0 Å². The molecule has 1 aliphatic carbocycles. The average Bonchev–Trinajstić information content (AvgIpc) is 2.90. The molecule has 2 aliphatic rings. The van der Waals surface area contributed by atoms with Crippen LogP contribution in [0.3, 0.4) is 0 Å². The van der Waals surface area contributed by atoms with E-state index in [4.69, 9.17) is 9.47 Å². The lowest BCUT2D eigenvalue weighted by atomic mass is 9.94. The van der Waals surface area contributed by atoms with Gasteiger partial charge in [-0.1, -0.05) is 35.4 Å². The fourth-order valence-electron chi connectivity index (χ4n) is 3.18. The molecular formula is C16H28INO3. The van der Waals surface area contributed by atoms with E-state index in [0.717, 1.165) is 23.8 Å². The summed E-state index contributed by atoms with van der Waals surface area (Å²) in [5.74, 6) is 0. The van der Waals surface area contributed by atoms with Gasteiger partial charge >= 0.3 is 6.09 Å². The Bertz CT molecular complexity index is 363. The third-order valence-corrected chi connectivity index (χ3v) is 5.54. The van der Waals surface area contributed by atoms with Crippen molar-refractivity contribution in [1.29, 1.82) is 0 Å². The van der Waals surface area contributed by atoms with Gasteiger partial charge in [-0.05, 0) is 46.5 Å². The number of nitrogens with zero attached hydrogens (tertiary/aromatic N) is 1. The molecule has 0 aromatic carbocycles. The van der Waals surface area contributed by atoms with E-state index in [0.29, 0.717) is 12.6 Å². The number of halogens is 1. The standard InChI is InChI=1S/C16H28INO3/c1-15(2,3)21-14(19)18-10-6-9-16(11-17,12-18)20-13-7-4-5-8-13/h13H,4-12H2,1-3H3. The first-order valence-corrected chi connectivity index (χ1v) is 9.58. The Morgan fingerprint density at radius 2 is 1.95 bits per heavy atom. The van der Waals surface area contributed by atoms with Crippen LogP contribution < -0.4 is 0 Å². The molecule has 122 valence electrons. The number of carbonyl (C=O) groups is 1. The molecular weight excluding hydrogens is 381 g/mol. The minimum absolute atomic E-state index is 0.176. The summed E-state index contributed by atoms with van der Waals surface area (Å²) in [6.07, 6.45) is 7.12. The Morgan fingerprint density at radius 3 is 2.52 bits per heavy atom. The first-order valence-electron chi connectivity index (χ1n) is 8.05.